The smallest absolute Gasteiger partial charge is 0.331 e. The zero-order chi connectivity index (χ0) is 14.7. The van der Waals surface area contributed by atoms with Gasteiger partial charge < -0.3 is 9.47 Å². The van der Waals surface area contributed by atoms with Gasteiger partial charge in [0.2, 0.25) is 0 Å². The molecule has 0 unspecified atom stereocenters. The molecule has 2 rings (SSSR count). The lowest BCUT2D eigenvalue weighted by Gasteiger charge is -2.25. The van der Waals surface area contributed by atoms with Gasteiger partial charge in [-0.15, -0.1) is 0 Å². The summed E-state index contributed by atoms with van der Waals surface area (Å²) in [6.45, 7) is 9.18. The Labute approximate surface area is 120 Å². The summed E-state index contributed by atoms with van der Waals surface area (Å²) in [5.41, 5.74) is 4.42. The van der Waals surface area contributed by atoms with E-state index in [1.54, 1.807) is 6.08 Å². The van der Waals surface area contributed by atoms with Crippen molar-refractivity contribution in [3.63, 3.8) is 0 Å². The second-order valence-electron chi connectivity index (χ2n) is 5.35. The number of esters is 1. The Hall–Kier alpha value is -1.77. The van der Waals surface area contributed by atoms with E-state index in [2.05, 4.69) is 32.9 Å². The van der Waals surface area contributed by atoms with E-state index < -0.39 is 0 Å². The number of rotatable bonds is 3. The Kier molecular flexibility index (Phi) is 4.48. The van der Waals surface area contributed by atoms with E-state index >= 15 is 0 Å². The van der Waals surface area contributed by atoms with Crippen LogP contribution < -0.4 is 4.74 Å². The van der Waals surface area contributed by atoms with Gasteiger partial charge in [0.25, 0.3) is 0 Å². The molecular weight excluding hydrogens is 252 g/mol. The van der Waals surface area contributed by atoms with Crippen LogP contribution in [0, 0.1) is 6.92 Å². The van der Waals surface area contributed by atoms with Crippen LogP contribution in [0.4, 0.5) is 0 Å². The third kappa shape index (κ3) is 2.87. The third-order valence-corrected chi connectivity index (χ3v) is 3.54. The van der Waals surface area contributed by atoms with Gasteiger partial charge >= 0.3 is 5.97 Å². The van der Waals surface area contributed by atoms with Crippen molar-refractivity contribution in [2.75, 3.05) is 13.2 Å². The summed E-state index contributed by atoms with van der Waals surface area (Å²) in [7, 11) is 0. The largest absolute Gasteiger partial charge is 0.492 e. The molecule has 1 heterocycles. The van der Waals surface area contributed by atoms with Crippen molar-refractivity contribution in [1.82, 2.24) is 0 Å². The highest BCUT2D eigenvalue weighted by Crippen LogP contribution is 2.40. The standard InChI is InChI=1S/C17H22O3/c1-5-19-15(18)10-13-8-9-20-17-14(11(2)3)7-6-12(4)16(13)17/h6-7,10-11H,5,8-9H2,1-4H3/b13-10+. The Morgan fingerprint density at radius 1 is 1.45 bits per heavy atom. The van der Waals surface area contributed by atoms with Crippen molar-refractivity contribution >= 4 is 11.5 Å². The maximum atomic E-state index is 11.7. The molecule has 0 saturated carbocycles. The Morgan fingerprint density at radius 3 is 2.85 bits per heavy atom. The number of carbonyl (C=O) groups excluding carboxylic acids is 1. The predicted molar refractivity (Wildman–Crippen MR) is 80.0 cm³/mol. The fourth-order valence-corrected chi connectivity index (χ4v) is 2.57. The average molecular weight is 274 g/mol. The van der Waals surface area contributed by atoms with Crippen LogP contribution in [0.3, 0.4) is 0 Å². The van der Waals surface area contributed by atoms with Gasteiger partial charge in [0, 0.05) is 18.1 Å². The summed E-state index contributed by atoms with van der Waals surface area (Å²) in [6.07, 6.45) is 2.36. The van der Waals surface area contributed by atoms with Crippen LogP contribution in [0.5, 0.6) is 5.75 Å². The van der Waals surface area contributed by atoms with Crippen LogP contribution in [0.25, 0.3) is 5.57 Å². The Morgan fingerprint density at radius 2 is 2.20 bits per heavy atom. The molecule has 0 atom stereocenters. The van der Waals surface area contributed by atoms with Crippen LogP contribution in [-0.4, -0.2) is 19.2 Å². The fraction of sp³-hybridized carbons (Fsp3) is 0.471. The highest BCUT2D eigenvalue weighted by molar-refractivity contribution is 5.93. The molecule has 1 aliphatic heterocycles. The summed E-state index contributed by atoms with van der Waals surface area (Å²) in [6, 6.07) is 4.22. The van der Waals surface area contributed by atoms with Gasteiger partial charge in [0.05, 0.1) is 13.2 Å². The highest BCUT2D eigenvalue weighted by atomic mass is 16.5. The first-order valence-electron chi connectivity index (χ1n) is 7.18. The zero-order valence-corrected chi connectivity index (χ0v) is 12.7. The van der Waals surface area contributed by atoms with E-state index in [1.807, 2.05) is 6.92 Å². The first kappa shape index (κ1) is 14.6. The van der Waals surface area contributed by atoms with Gasteiger partial charge in [-0.3, -0.25) is 0 Å². The second kappa shape index (κ2) is 6.12. The summed E-state index contributed by atoms with van der Waals surface area (Å²) in [4.78, 5) is 11.7. The van der Waals surface area contributed by atoms with E-state index in [0.717, 1.165) is 28.9 Å². The lowest BCUT2D eigenvalue weighted by molar-refractivity contribution is -0.137. The molecule has 1 aromatic rings. The number of hydrogen-bond acceptors (Lipinski definition) is 3. The van der Waals surface area contributed by atoms with Crippen molar-refractivity contribution in [2.45, 2.75) is 40.0 Å². The van der Waals surface area contributed by atoms with Crippen molar-refractivity contribution < 1.29 is 14.3 Å². The van der Waals surface area contributed by atoms with Crippen molar-refractivity contribution in [1.29, 1.82) is 0 Å². The maximum absolute atomic E-state index is 11.7. The number of carbonyl (C=O) groups is 1. The summed E-state index contributed by atoms with van der Waals surface area (Å²) >= 11 is 0. The molecule has 0 fully saturated rings. The Bertz CT molecular complexity index is 541. The topological polar surface area (TPSA) is 35.5 Å². The molecule has 0 spiro atoms. The monoisotopic (exact) mass is 274 g/mol. The SMILES string of the molecule is CCOC(=O)/C=C1\CCOc2c(C(C)C)ccc(C)c21. The maximum Gasteiger partial charge on any atom is 0.331 e. The molecule has 0 bridgehead atoms. The number of fused-ring (bicyclic) bond motifs is 1. The van der Waals surface area contributed by atoms with E-state index in [1.165, 1.54) is 5.56 Å². The average Bonchev–Trinajstić information content (AvgIpc) is 2.39. The molecule has 0 aromatic heterocycles. The first-order chi connectivity index (χ1) is 9.54. The molecule has 1 aromatic carbocycles. The van der Waals surface area contributed by atoms with Gasteiger partial charge in [-0.05, 0) is 36.5 Å². The molecule has 3 nitrogen and oxygen atoms in total. The second-order valence-corrected chi connectivity index (χ2v) is 5.35. The highest BCUT2D eigenvalue weighted by Gasteiger charge is 2.22. The van der Waals surface area contributed by atoms with Crippen molar-refractivity contribution in [3.05, 3.63) is 34.9 Å². The summed E-state index contributed by atoms with van der Waals surface area (Å²) in [5.74, 6) is 1.05. The molecular formula is C17H22O3. The molecule has 0 aliphatic carbocycles. The molecule has 0 saturated heterocycles. The molecule has 0 amide bonds. The minimum atomic E-state index is -0.273. The summed E-state index contributed by atoms with van der Waals surface area (Å²) < 4.78 is 10.9. The lowest BCUT2D eigenvalue weighted by Crippen LogP contribution is -2.13. The van der Waals surface area contributed by atoms with Crippen LogP contribution in [0.15, 0.2) is 18.2 Å². The van der Waals surface area contributed by atoms with Gasteiger partial charge in [-0.25, -0.2) is 4.79 Å². The quantitative estimate of drug-likeness (QED) is 0.620. The van der Waals surface area contributed by atoms with Crippen LogP contribution in [0.1, 0.15) is 49.8 Å². The van der Waals surface area contributed by atoms with Gasteiger partial charge in [0.1, 0.15) is 5.75 Å². The van der Waals surface area contributed by atoms with E-state index in [9.17, 15) is 4.79 Å². The van der Waals surface area contributed by atoms with Crippen LogP contribution in [0.2, 0.25) is 0 Å². The first-order valence-corrected chi connectivity index (χ1v) is 7.18. The van der Waals surface area contributed by atoms with Crippen LogP contribution >= 0.6 is 0 Å². The lowest BCUT2D eigenvalue weighted by atomic mass is 9.89. The number of aryl methyl sites for hydroxylation is 1. The van der Waals surface area contributed by atoms with E-state index in [-0.39, 0.29) is 5.97 Å². The fourth-order valence-electron chi connectivity index (χ4n) is 2.57. The van der Waals surface area contributed by atoms with Gasteiger partial charge in [0.15, 0.2) is 0 Å². The van der Waals surface area contributed by atoms with Gasteiger partial charge in [-0.1, -0.05) is 26.0 Å². The third-order valence-electron chi connectivity index (χ3n) is 3.54. The summed E-state index contributed by atoms with van der Waals surface area (Å²) in [5, 5.41) is 0. The zero-order valence-electron chi connectivity index (χ0n) is 12.7. The number of benzene rings is 1. The van der Waals surface area contributed by atoms with Crippen LogP contribution in [-0.2, 0) is 9.53 Å². The molecule has 3 heteroatoms. The van der Waals surface area contributed by atoms with Crippen molar-refractivity contribution in [3.8, 4) is 5.75 Å². The number of hydrogen-bond donors (Lipinski definition) is 0. The van der Waals surface area contributed by atoms with E-state index in [4.69, 9.17) is 9.47 Å². The minimum absolute atomic E-state index is 0.273. The van der Waals surface area contributed by atoms with E-state index in [0.29, 0.717) is 19.1 Å². The normalized spacial score (nSPS) is 15.9. The molecule has 0 N–H and O–H groups in total. The molecule has 108 valence electrons. The predicted octanol–water partition coefficient (Wildman–Crippen LogP) is 3.85. The minimum Gasteiger partial charge on any atom is -0.492 e. The molecule has 20 heavy (non-hydrogen) atoms. The Balaban J connectivity index is 2.50. The number of ether oxygens (including phenoxy) is 2. The van der Waals surface area contributed by atoms with Crippen molar-refractivity contribution in [2.24, 2.45) is 0 Å². The van der Waals surface area contributed by atoms with Gasteiger partial charge in [-0.2, -0.15) is 0 Å². The molecule has 1 aliphatic rings. The molecule has 0 radical (unpaired) electrons.